The normalized spacial score (nSPS) is 15.3. The van der Waals surface area contributed by atoms with Crippen LogP contribution in [0.4, 0.5) is 11.6 Å². The van der Waals surface area contributed by atoms with Gasteiger partial charge in [0.1, 0.15) is 0 Å². The molecule has 3 rings (SSSR count). The van der Waals surface area contributed by atoms with Crippen LogP contribution in [0, 0.1) is 6.57 Å². The Kier molecular flexibility index (Phi) is 5.81. The molecule has 0 spiro atoms. The first kappa shape index (κ1) is 18.9. The van der Waals surface area contributed by atoms with Crippen molar-refractivity contribution in [1.82, 2.24) is 14.5 Å². The van der Waals surface area contributed by atoms with E-state index in [-0.39, 0.29) is 19.4 Å². The van der Waals surface area contributed by atoms with Crippen LogP contribution in [0.5, 0.6) is 0 Å². The van der Waals surface area contributed by atoms with E-state index in [2.05, 4.69) is 19.7 Å². The van der Waals surface area contributed by atoms with Crippen molar-refractivity contribution in [2.75, 3.05) is 19.4 Å². The predicted molar refractivity (Wildman–Crippen MR) is 102 cm³/mol. The number of carbonyl (C=O) groups excluding carboxylic acids is 1. The van der Waals surface area contributed by atoms with E-state index >= 15 is 0 Å². The highest BCUT2D eigenvalue weighted by Gasteiger charge is 2.26. The summed E-state index contributed by atoms with van der Waals surface area (Å²) in [4.78, 5) is 22.5. The Morgan fingerprint density at radius 2 is 2.20 bits per heavy atom. The molecule has 1 aromatic heterocycles. The van der Waals surface area contributed by atoms with Gasteiger partial charge in [-0.25, -0.2) is 9.83 Å². The first-order valence-electron chi connectivity index (χ1n) is 8.35. The molecule has 1 saturated carbocycles. The molecule has 25 heavy (non-hydrogen) atoms. The molecule has 0 aliphatic heterocycles. The standard InChI is InChI=1S/C18H23N5O.CH4/c1-12(22(3)4)10-17(24)21-18-20-15-9-8-13(19-2)11-16(15)23(18)14-6-5-7-14;/h8-9,11-12,14H,5-7,10H2,1,3-4H3,(H,20,21,24);1H4. The second-order valence-corrected chi connectivity index (χ2v) is 6.74. The van der Waals surface area contributed by atoms with Crippen LogP contribution < -0.4 is 5.32 Å². The molecule has 1 aliphatic carbocycles. The molecule has 1 atom stereocenters. The first-order valence-corrected chi connectivity index (χ1v) is 8.35. The van der Waals surface area contributed by atoms with E-state index in [9.17, 15) is 4.79 Å². The third kappa shape index (κ3) is 3.83. The molecule has 2 aromatic rings. The number of nitrogens with one attached hydrogen (secondary N) is 1. The molecule has 0 radical (unpaired) electrons. The second-order valence-electron chi connectivity index (χ2n) is 6.74. The van der Waals surface area contributed by atoms with Crippen molar-refractivity contribution in [2.24, 2.45) is 0 Å². The number of imidazole rings is 1. The van der Waals surface area contributed by atoms with Crippen LogP contribution >= 0.6 is 0 Å². The molecule has 6 heteroatoms. The highest BCUT2D eigenvalue weighted by atomic mass is 16.1. The summed E-state index contributed by atoms with van der Waals surface area (Å²) < 4.78 is 2.10. The van der Waals surface area contributed by atoms with Crippen molar-refractivity contribution in [3.8, 4) is 0 Å². The lowest BCUT2D eigenvalue weighted by Crippen LogP contribution is -2.30. The zero-order valence-electron chi connectivity index (χ0n) is 14.4. The fourth-order valence-electron chi connectivity index (χ4n) is 2.88. The van der Waals surface area contributed by atoms with E-state index in [0.29, 0.717) is 24.1 Å². The Hall–Kier alpha value is -2.39. The van der Waals surface area contributed by atoms with E-state index in [1.54, 1.807) is 6.07 Å². The van der Waals surface area contributed by atoms with Gasteiger partial charge in [-0.05, 0) is 52.4 Å². The number of anilines is 1. The van der Waals surface area contributed by atoms with Gasteiger partial charge in [0, 0.05) is 18.5 Å². The minimum Gasteiger partial charge on any atom is -0.308 e. The van der Waals surface area contributed by atoms with Crippen LogP contribution in [-0.4, -0.2) is 40.5 Å². The number of aromatic nitrogens is 2. The number of hydrogen-bond donors (Lipinski definition) is 1. The zero-order valence-corrected chi connectivity index (χ0v) is 14.4. The van der Waals surface area contributed by atoms with Gasteiger partial charge >= 0.3 is 0 Å². The lowest BCUT2D eigenvalue weighted by atomic mass is 9.93. The van der Waals surface area contributed by atoms with Gasteiger partial charge < -0.3 is 9.47 Å². The summed E-state index contributed by atoms with van der Waals surface area (Å²) in [5.41, 5.74) is 2.36. The summed E-state index contributed by atoms with van der Waals surface area (Å²) in [7, 11) is 3.93. The van der Waals surface area contributed by atoms with Crippen molar-refractivity contribution in [2.45, 2.75) is 52.1 Å². The highest BCUT2D eigenvalue weighted by molar-refractivity contribution is 5.92. The van der Waals surface area contributed by atoms with Gasteiger partial charge in [-0.15, -0.1) is 0 Å². The van der Waals surface area contributed by atoms with E-state index in [4.69, 9.17) is 6.57 Å². The zero-order chi connectivity index (χ0) is 17.3. The maximum Gasteiger partial charge on any atom is 0.228 e. The fourth-order valence-corrected chi connectivity index (χ4v) is 2.88. The summed E-state index contributed by atoms with van der Waals surface area (Å²) in [5, 5.41) is 2.98. The Morgan fingerprint density at radius 3 is 2.76 bits per heavy atom. The van der Waals surface area contributed by atoms with Crippen molar-refractivity contribution in [1.29, 1.82) is 0 Å². The van der Waals surface area contributed by atoms with Crippen LogP contribution in [0.25, 0.3) is 15.9 Å². The fraction of sp³-hybridized carbons (Fsp3) is 0.526. The number of hydrogen-bond acceptors (Lipinski definition) is 3. The largest absolute Gasteiger partial charge is 0.308 e. The van der Waals surface area contributed by atoms with Gasteiger partial charge in [0.15, 0.2) is 5.69 Å². The third-order valence-electron chi connectivity index (χ3n) is 4.86. The summed E-state index contributed by atoms with van der Waals surface area (Å²) in [5.74, 6) is 0.574. The number of fused-ring (bicyclic) bond motifs is 1. The first-order chi connectivity index (χ1) is 11.5. The quantitative estimate of drug-likeness (QED) is 0.828. The Labute approximate surface area is 149 Å². The van der Waals surface area contributed by atoms with Gasteiger partial charge in [0.25, 0.3) is 0 Å². The van der Waals surface area contributed by atoms with Gasteiger partial charge in [-0.2, -0.15) is 0 Å². The van der Waals surface area contributed by atoms with Crippen LogP contribution in [0.1, 0.15) is 46.1 Å². The van der Waals surface area contributed by atoms with E-state index in [1.165, 1.54) is 6.42 Å². The molecule has 1 aromatic carbocycles. The number of rotatable bonds is 5. The molecule has 1 unspecified atom stereocenters. The molecule has 6 nitrogen and oxygen atoms in total. The lowest BCUT2D eigenvalue weighted by molar-refractivity contribution is -0.117. The molecule has 1 aliphatic rings. The summed E-state index contributed by atoms with van der Waals surface area (Å²) in [6, 6.07) is 6.02. The van der Waals surface area contributed by atoms with Crippen LogP contribution in [0.15, 0.2) is 18.2 Å². The molecular weight excluding hydrogens is 314 g/mol. The van der Waals surface area contributed by atoms with E-state index in [0.717, 1.165) is 23.9 Å². The Morgan fingerprint density at radius 1 is 1.48 bits per heavy atom. The molecule has 1 fully saturated rings. The van der Waals surface area contributed by atoms with Crippen molar-refractivity contribution in [3.05, 3.63) is 29.6 Å². The van der Waals surface area contributed by atoms with Crippen LogP contribution in [-0.2, 0) is 4.79 Å². The van der Waals surface area contributed by atoms with E-state index in [1.807, 2.05) is 38.1 Å². The third-order valence-corrected chi connectivity index (χ3v) is 4.86. The van der Waals surface area contributed by atoms with Crippen molar-refractivity contribution >= 4 is 28.6 Å². The number of carbonyl (C=O) groups is 1. The van der Waals surface area contributed by atoms with Gasteiger partial charge in [0.05, 0.1) is 17.6 Å². The van der Waals surface area contributed by atoms with Gasteiger partial charge in [-0.1, -0.05) is 13.5 Å². The minimum atomic E-state index is -0.0301. The Balaban J connectivity index is 0.00000225. The second kappa shape index (κ2) is 7.66. The SMILES string of the molecule is C.[C-]#[N+]c1ccc2nc(NC(=O)CC(C)N(C)C)n(C3CCC3)c2c1. The lowest BCUT2D eigenvalue weighted by Gasteiger charge is -2.29. The predicted octanol–water partition coefficient (Wildman–Crippen LogP) is 4.23. The van der Waals surface area contributed by atoms with Crippen LogP contribution in [0.3, 0.4) is 0 Å². The summed E-state index contributed by atoms with van der Waals surface area (Å²) in [6.07, 6.45) is 3.79. The molecule has 1 amide bonds. The average Bonchev–Trinajstić information content (AvgIpc) is 2.82. The minimum absolute atomic E-state index is 0. The molecule has 0 bridgehead atoms. The maximum atomic E-state index is 12.4. The van der Waals surface area contributed by atoms with Crippen LogP contribution in [0.2, 0.25) is 0 Å². The Bertz CT molecular complexity index is 798. The average molecular weight is 341 g/mol. The maximum absolute atomic E-state index is 12.4. The topological polar surface area (TPSA) is 54.5 Å². The summed E-state index contributed by atoms with van der Waals surface area (Å²) >= 11 is 0. The van der Waals surface area contributed by atoms with Crippen molar-refractivity contribution in [3.63, 3.8) is 0 Å². The monoisotopic (exact) mass is 341 g/mol. The van der Waals surface area contributed by atoms with Gasteiger partial charge in [-0.3, -0.25) is 10.1 Å². The molecular formula is C19H27N5O. The van der Waals surface area contributed by atoms with E-state index < -0.39 is 0 Å². The smallest absolute Gasteiger partial charge is 0.228 e. The molecule has 1 heterocycles. The number of nitrogens with zero attached hydrogens (tertiary/aromatic N) is 4. The van der Waals surface area contributed by atoms with Gasteiger partial charge in [0.2, 0.25) is 11.9 Å². The number of benzene rings is 1. The molecule has 134 valence electrons. The molecule has 0 saturated heterocycles. The summed E-state index contributed by atoms with van der Waals surface area (Å²) in [6.45, 7) is 9.24. The molecule has 1 N–H and O–H groups in total. The highest BCUT2D eigenvalue weighted by Crippen LogP contribution is 2.38. The van der Waals surface area contributed by atoms with Crippen molar-refractivity contribution < 1.29 is 4.79 Å². The number of amides is 1.